The molecule has 0 fully saturated rings. The Morgan fingerprint density at radius 3 is 2.74 bits per heavy atom. The van der Waals surface area contributed by atoms with Gasteiger partial charge in [0, 0.05) is 4.47 Å². The Labute approximate surface area is 162 Å². The van der Waals surface area contributed by atoms with E-state index in [0.717, 1.165) is 12.1 Å². The molecule has 0 saturated carbocycles. The van der Waals surface area contributed by atoms with E-state index in [-0.39, 0.29) is 17.9 Å². The third-order valence-corrected chi connectivity index (χ3v) is 4.86. The van der Waals surface area contributed by atoms with Gasteiger partial charge < -0.3 is 15.5 Å². The van der Waals surface area contributed by atoms with Gasteiger partial charge in [-0.2, -0.15) is 0 Å². The highest BCUT2D eigenvalue weighted by molar-refractivity contribution is 9.10. The number of aromatic nitrogens is 1. The van der Waals surface area contributed by atoms with Crippen molar-refractivity contribution < 1.29 is 28.6 Å². The molecule has 1 aromatic heterocycles. The zero-order valence-electron chi connectivity index (χ0n) is 14.5. The fourth-order valence-corrected chi connectivity index (χ4v) is 2.45. The number of aliphatic hydroxyl groups excluding tert-OH is 2. The summed E-state index contributed by atoms with van der Waals surface area (Å²) in [6, 6.07) is 1.90. The van der Waals surface area contributed by atoms with Crippen molar-refractivity contribution in [2.75, 3.05) is 18.5 Å². The maximum Gasteiger partial charge on any atom is 0.277 e. The van der Waals surface area contributed by atoms with Crippen LogP contribution in [-0.4, -0.2) is 40.4 Å². The van der Waals surface area contributed by atoms with Gasteiger partial charge in [-0.05, 0) is 47.5 Å². The van der Waals surface area contributed by atoms with Crippen molar-refractivity contribution >= 4 is 33.2 Å². The third kappa shape index (κ3) is 4.98. The van der Waals surface area contributed by atoms with Gasteiger partial charge in [-0.15, -0.1) is 0 Å². The average molecular weight is 446 g/mol. The van der Waals surface area contributed by atoms with Gasteiger partial charge in [0.25, 0.3) is 5.91 Å². The van der Waals surface area contributed by atoms with E-state index < -0.39 is 30.3 Å². The monoisotopic (exact) mass is 445 g/mol. The Morgan fingerprint density at radius 2 is 2.07 bits per heavy atom. The second-order valence-electron chi connectivity index (χ2n) is 5.68. The van der Waals surface area contributed by atoms with Crippen LogP contribution in [0, 0.1) is 25.5 Å². The second kappa shape index (κ2) is 9.18. The normalized spacial score (nSPS) is 12.0. The van der Waals surface area contributed by atoms with Gasteiger partial charge >= 0.3 is 0 Å². The summed E-state index contributed by atoms with van der Waals surface area (Å²) in [6.45, 7) is 2.60. The molecular formula is C17H18BrF2N3O4. The Balaban J connectivity index is 2.32. The molecule has 1 heterocycles. The lowest BCUT2D eigenvalue weighted by Crippen LogP contribution is -2.30. The molecule has 0 aliphatic carbocycles. The molecule has 7 nitrogen and oxygen atoms in total. The summed E-state index contributed by atoms with van der Waals surface area (Å²) in [5.74, 6) is -3.24. The minimum atomic E-state index is -1.24. The number of rotatable bonds is 7. The molecule has 27 heavy (non-hydrogen) atoms. The highest BCUT2D eigenvalue weighted by atomic mass is 79.9. The molecule has 0 saturated heterocycles. The van der Waals surface area contributed by atoms with Gasteiger partial charge in [-0.3, -0.25) is 14.6 Å². The molecule has 0 radical (unpaired) electrons. The van der Waals surface area contributed by atoms with Crippen LogP contribution in [0.2, 0.25) is 0 Å². The number of amides is 1. The summed E-state index contributed by atoms with van der Waals surface area (Å²) in [5.41, 5.74) is 3.19. The van der Waals surface area contributed by atoms with Gasteiger partial charge in [0.05, 0.1) is 35.4 Å². The zero-order chi connectivity index (χ0) is 20.1. The Morgan fingerprint density at radius 1 is 1.37 bits per heavy atom. The molecule has 0 aliphatic rings. The van der Waals surface area contributed by atoms with Crippen LogP contribution in [0.5, 0.6) is 0 Å². The van der Waals surface area contributed by atoms with Crippen LogP contribution in [-0.2, 0) is 4.84 Å². The number of carbonyl (C=O) groups excluding carboxylic acids is 1. The predicted octanol–water partition coefficient (Wildman–Crippen LogP) is 2.50. The minimum absolute atomic E-state index is 0.219. The number of aliphatic hydroxyl groups is 2. The summed E-state index contributed by atoms with van der Waals surface area (Å²) in [6.07, 6.45) is 0.252. The number of carbonyl (C=O) groups is 1. The highest BCUT2D eigenvalue weighted by Crippen LogP contribution is 2.31. The Kier molecular flexibility index (Phi) is 7.19. The first-order valence-corrected chi connectivity index (χ1v) is 8.63. The lowest BCUT2D eigenvalue weighted by molar-refractivity contribution is -0.0295. The fraction of sp³-hybridized carbons (Fsp3) is 0.294. The molecular weight excluding hydrogens is 428 g/mol. The first kappa shape index (κ1) is 21.2. The summed E-state index contributed by atoms with van der Waals surface area (Å²) < 4.78 is 28.8. The lowest BCUT2D eigenvalue weighted by Gasteiger charge is -2.16. The summed E-state index contributed by atoms with van der Waals surface area (Å²) in [7, 11) is 0. The zero-order valence-corrected chi connectivity index (χ0v) is 16.1. The van der Waals surface area contributed by atoms with Crippen molar-refractivity contribution in [3.05, 3.63) is 51.3 Å². The number of nitrogens with one attached hydrogen (secondary N) is 2. The van der Waals surface area contributed by atoms with Crippen LogP contribution in [0.4, 0.5) is 20.2 Å². The van der Waals surface area contributed by atoms with Crippen molar-refractivity contribution in [3.63, 3.8) is 0 Å². The van der Waals surface area contributed by atoms with Crippen molar-refractivity contribution in [2.24, 2.45) is 0 Å². The quantitative estimate of drug-likeness (QED) is 0.488. The van der Waals surface area contributed by atoms with Crippen molar-refractivity contribution in [2.45, 2.75) is 20.0 Å². The van der Waals surface area contributed by atoms with E-state index in [9.17, 15) is 18.7 Å². The van der Waals surface area contributed by atoms with Gasteiger partial charge in [0.15, 0.2) is 11.6 Å². The van der Waals surface area contributed by atoms with Crippen molar-refractivity contribution in [3.8, 4) is 0 Å². The number of hydrogen-bond acceptors (Lipinski definition) is 6. The van der Waals surface area contributed by atoms with E-state index in [1.54, 1.807) is 13.8 Å². The van der Waals surface area contributed by atoms with Crippen LogP contribution in [0.25, 0.3) is 0 Å². The molecule has 0 bridgehead atoms. The highest BCUT2D eigenvalue weighted by Gasteiger charge is 2.20. The number of nitrogens with zero attached hydrogens (tertiary/aromatic N) is 1. The molecule has 1 aromatic carbocycles. The first-order valence-electron chi connectivity index (χ1n) is 7.84. The summed E-state index contributed by atoms with van der Waals surface area (Å²) in [5, 5.41) is 20.6. The Hall–Kier alpha value is -2.14. The van der Waals surface area contributed by atoms with Crippen LogP contribution in [0.1, 0.15) is 21.6 Å². The number of halogens is 3. The largest absolute Gasteiger partial charge is 0.394 e. The third-order valence-electron chi connectivity index (χ3n) is 3.69. The number of benzene rings is 1. The molecule has 1 unspecified atom stereocenters. The standard InChI is InChI=1S/C17H18BrF2N3O4/c1-8-13(5-21-9(2)14(8)18)22-16-11(3-4-12(19)15(16)20)17(26)23-27-7-10(25)6-24/h3-5,10,22,24-25H,6-7H2,1-2H3,(H,23,26). The minimum Gasteiger partial charge on any atom is -0.394 e. The molecule has 10 heteroatoms. The second-order valence-corrected chi connectivity index (χ2v) is 6.48. The van der Waals surface area contributed by atoms with E-state index in [1.807, 2.05) is 5.48 Å². The molecule has 146 valence electrons. The number of pyridine rings is 1. The molecule has 1 amide bonds. The topological polar surface area (TPSA) is 104 Å². The van der Waals surface area contributed by atoms with E-state index in [0.29, 0.717) is 21.4 Å². The summed E-state index contributed by atoms with van der Waals surface area (Å²) >= 11 is 3.36. The number of anilines is 2. The smallest absolute Gasteiger partial charge is 0.277 e. The number of hydroxylamine groups is 1. The molecule has 2 rings (SSSR count). The number of aryl methyl sites for hydroxylation is 1. The van der Waals surface area contributed by atoms with Gasteiger partial charge in [0.2, 0.25) is 0 Å². The van der Waals surface area contributed by atoms with Crippen LogP contribution in [0.3, 0.4) is 0 Å². The molecule has 2 aromatic rings. The predicted molar refractivity (Wildman–Crippen MR) is 97.6 cm³/mol. The molecule has 0 aliphatic heterocycles. The van der Waals surface area contributed by atoms with Crippen LogP contribution in [0.15, 0.2) is 22.8 Å². The van der Waals surface area contributed by atoms with E-state index in [2.05, 4.69) is 26.2 Å². The van der Waals surface area contributed by atoms with Crippen molar-refractivity contribution in [1.29, 1.82) is 0 Å². The van der Waals surface area contributed by atoms with Gasteiger partial charge in [0.1, 0.15) is 12.7 Å². The Bertz CT molecular complexity index is 851. The SMILES string of the molecule is Cc1ncc(Nc2c(C(=O)NOCC(O)CO)ccc(F)c2F)c(C)c1Br. The number of hydrogen-bond donors (Lipinski definition) is 4. The maximum atomic E-state index is 14.4. The van der Waals surface area contributed by atoms with E-state index in [4.69, 9.17) is 9.94 Å². The first-order chi connectivity index (χ1) is 12.8. The van der Waals surface area contributed by atoms with Crippen LogP contribution < -0.4 is 10.8 Å². The average Bonchev–Trinajstić information content (AvgIpc) is 2.65. The molecule has 1 atom stereocenters. The summed E-state index contributed by atoms with van der Waals surface area (Å²) in [4.78, 5) is 21.2. The lowest BCUT2D eigenvalue weighted by atomic mass is 10.1. The van der Waals surface area contributed by atoms with E-state index in [1.165, 1.54) is 6.20 Å². The van der Waals surface area contributed by atoms with Crippen molar-refractivity contribution in [1.82, 2.24) is 10.5 Å². The van der Waals surface area contributed by atoms with E-state index >= 15 is 0 Å². The van der Waals surface area contributed by atoms with Gasteiger partial charge in [-0.25, -0.2) is 14.3 Å². The fourth-order valence-electron chi connectivity index (χ4n) is 2.14. The molecule has 4 N–H and O–H groups in total. The maximum absolute atomic E-state index is 14.4. The van der Waals surface area contributed by atoms with Crippen LogP contribution >= 0.6 is 15.9 Å². The molecule has 0 spiro atoms. The van der Waals surface area contributed by atoms with Gasteiger partial charge in [-0.1, -0.05) is 0 Å².